The van der Waals surface area contributed by atoms with Gasteiger partial charge in [-0.2, -0.15) is 5.10 Å². The molecule has 6 heteroatoms. The summed E-state index contributed by atoms with van der Waals surface area (Å²) < 4.78 is 6.41. The smallest absolute Gasteiger partial charge is 0.267 e. The second kappa shape index (κ2) is 4.23. The van der Waals surface area contributed by atoms with Crippen molar-refractivity contribution in [2.75, 3.05) is 32.2 Å². The molecule has 0 aromatic carbocycles. The number of nitrogens with zero attached hydrogens (tertiary/aromatic N) is 3. The van der Waals surface area contributed by atoms with Crippen LogP contribution < -0.4 is 10.5 Å². The molecule has 0 saturated carbocycles. The van der Waals surface area contributed by atoms with E-state index in [-0.39, 0.29) is 18.2 Å². The average molecular weight is 225 g/mol. The summed E-state index contributed by atoms with van der Waals surface area (Å²) >= 11 is 0. The van der Waals surface area contributed by atoms with Gasteiger partial charge in [-0.3, -0.25) is 4.79 Å². The summed E-state index contributed by atoms with van der Waals surface area (Å²) in [6.45, 7) is 0.579. The third kappa shape index (κ3) is 1.94. The molecule has 1 aromatic rings. The van der Waals surface area contributed by atoms with Crippen LogP contribution in [-0.2, 0) is 4.74 Å². The van der Waals surface area contributed by atoms with Crippen molar-refractivity contribution >= 4 is 5.82 Å². The predicted octanol–water partition coefficient (Wildman–Crippen LogP) is -0.759. The largest absolute Gasteiger partial charge is 0.388 e. The van der Waals surface area contributed by atoms with Crippen molar-refractivity contribution < 1.29 is 9.84 Å². The van der Waals surface area contributed by atoms with Gasteiger partial charge in [-0.15, -0.1) is 0 Å². The molecule has 1 aliphatic rings. The van der Waals surface area contributed by atoms with Crippen molar-refractivity contribution in [1.82, 2.24) is 9.78 Å². The number of rotatable bonds is 2. The van der Waals surface area contributed by atoms with Gasteiger partial charge in [0.15, 0.2) is 0 Å². The standard InChI is InChI=1S/C10H15N3O3/c1-12(2)9-3-4-10(15)13(11-9)7-5-16-6-8(7)14/h3-4,7-8,14H,5-6H2,1-2H3. The van der Waals surface area contributed by atoms with Gasteiger partial charge in [0.1, 0.15) is 18.0 Å². The van der Waals surface area contributed by atoms with Gasteiger partial charge < -0.3 is 14.7 Å². The van der Waals surface area contributed by atoms with E-state index in [9.17, 15) is 9.90 Å². The topological polar surface area (TPSA) is 67.6 Å². The lowest BCUT2D eigenvalue weighted by molar-refractivity contribution is 0.117. The van der Waals surface area contributed by atoms with Crippen molar-refractivity contribution in [3.8, 4) is 0 Å². The molecule has 0 amide bonds. The SMILES string of the molecule is CN(C)c1ccc(=O)n(C2COCC2O)n1. The second-order valence-electron chi connectivity index (χ2n) is 4.04. The molecule has 1 fully saturated rings. The molecule has 1 aliphatic heterocycles. The molecule has 0 bridgehead atoms. The number of anilines is 1. The molecular formula is C10H15N3O3. The first-order chi connectivity index (χ1) is 7.59. The first-order valence-corrected chi connectivity index (χ1v) is 5.12. The molecule has 0 spiro atoms. The Bertz CT molecular complexity index is 430. The second-order valence-corrected chi connectivity index (χ2v) is 4.04. The summed E-state index contributed by atoms with van der Waals surface area (Å²) in [5, 5.41) is 13.9. The van der Waals surface area contributed by atoms with Crippen LogP contribution in [0.25, 0.3) is 0 Å². The van der Waals surface area contributed by atoms with Crippen LogP contribution >= 0.6 is 0 Å². The molecule has 1 aromatic heterocycles. The fourth-order valence-corrected chi connectivity index (χ4v) is 1.66. The lowest BCUT2D eigenvalue weighted by atomic mass is 10.2. The maximum atomic E-state index is 11.6. The number of aliphatic hydroxyl groups excluding tert-OH is 1. The Morgan fingerprint density at radius 1 is 1.50 bits per heavy atom. The Balaban J connectivity index is 2.39. The first kappa shape index (κ1) is 11.1. The van der Waals surface area contributed by atoms with E-state index >= 15 is 0 Å². The van der Waals surface area contributed by atoms with Crippen molar-refractivity contribution in [1.29, 1.82) is 0 Å². The zero-order valence-electron chi connectivity index (χ0n) is 9.33. The molecule has 2 rings (SSSR count). The van der Waals surface area contributed by atoms with Crippen LogP contribution in [0.4, 0.5) is 5.82 Å². The van der Waals surface area contributed by atoms with E-state index in [1.165, 1.54) is 10.7 Å². The quantitative estimate of drug-likeness (QED) is 0.716. The van der Waals surface area contributed by atoms with Gasteiger partial charge >= 0.3 is 0 Å². The molecule has 0 aliphatic carbocycles. The highest BCUT2D eigenvalue weighted by molar-refractivity contribution is 5.33. The van der Waals surface area contributed by atoms with Gasteiger partial charge in [0.2, 0.25) is 0 Å². The van der Waals surface area contributed by atoms with Gasteiger partial charge in [-0.1, -0.05) is 0 Å². The third-order valence-corrected chi connectivity index (χ3v) is 2.60. The summed E-state index contributed by atoms with van der Waals surface area (Å²) in [4.78, 5) is 13.4. The number of aromatic nitrogens is 2. The lowest BCUT2D eigenvalue weighted by Gasteiger charge is -2.17. The molecule has 2 heterocycles. The number of hydrogen-bond acceptors (Lipinski definition) is 5. The van der Waals surface area contributed by atoms with E-state index in [1.807, 2.05) is 14.1 Å². The zero-order chi connectivity index (χ0) is 11.7. The fraction of sp³-hybridized carbons (Fsp3) is 0.600. The Kier molecular flexibility index (Phi) is 2.93. The summed E-state index contributed by atoms with van der Waals surface area (Å²) in [7, 11) is 3.69. The predicted molar refractivity (Wildman–Crippen MR) is 58.7 cm³/mol. The minimum atomic E-state index is -0.664. The Labute approximate surface area is 93.1 Å². The number of aliphatic hydroxyl groups is 1. The highest BCUT2D eigenvalue weighted by atomic mass is 16.5. The minimum absolute atomic E-state index is 0.222. The van der Waals surface area contributed by atoms with E-state index in [2.05, 4.69) is 5.10 Å². The summed E-state index contributed by atoms with van der Waals surface area (Å²) in [5.74, 6) is 0.679. The molecule has 1 saturated heterocycles. The summed E-state index contributed by atoms with van der Waals surface area (Å²) in [5.41, 5.74) is -0.222. The zero-order valence-corrected chi connectivity index (χ0v) is 9.33. The molecule has 6 nitrogen and oxygen atoms in total. The summed E-state index contributed by atoms with van der Waals surface area (Å²) in [6, 6.07) is 2.72. The van der Waals surface area contributed by atoms with E-state index in [4.69, 9.17) is 4.74 Å². The van der Waals surface area contributed by atoms with Crippen LogP contribution in [0, 0.1) is 0 Å². The average Bonchev–Trinajstić information content (AvgIpc) is 2.65. The maximum Gasteiger partial charge on any atom is 0.267 e. The van der Waals surface area contributed by atoms with Crippen LogP contribution in [0.15, 0.2) is 16.9 Å². The van der Waals surface area contributed by atoms with Crippen molar-refractivity contribution in [2.45, 2.75) is 12.1 Å². The van der Waals surface area contributed by atoms with Gasteiger partial charge in [-0.25, -0.2) is 4.68 Å². The Hall–Kier alpha value is -1.40. The van der Waals surface area contributed by atoms with Gasteiger partial charge in [0.25, 0.3) is 5.56 Å². The highest BCUT2D eigenvalue weighted by Crippen LogP contribution is 2.17. The van der Waals surface area contributed by atoms with Gasteiger partial charge in [0, 0.05) is 20.2 Å². The van der Waals surface area contributed by atoms with Crippen LogP contribution in [0.2, 0.25) is 0 Å². The van der Waals surface area contributed by atoms with Gasteiger partial charge in [0.05, 0.1) is 13.2 Å². The summed E-state index contributed by atoms with van der Waals surface area (Å²) in [6.07, 6.45) is -0.664. The van der Waals surface area contributed by atoms with Crippen molar-refractivity contribution in [2.24, 2.45) is 0 Å². The van der Waals surface area contributed by atoms with Gasteiger partial charge in [-0.05, 0) is 6.07 Å². The molecule has 88 valence electrons. The first-order valence-electron chi connectivity index (χ1n) is 5.12. The molecule has 16 heavy (non-hydrogen) atoms. The molecule has 1 N–H and O–H groups in total. The maximum absolute atomic E-state index is 11.6. The molecule has 0 radical (unpaired) electrons. The van der Waals surface area contributed by atoms with Crippen LogP contribution in [0.5, 0.6) is 0 Å². The van der Waals surface area contributed by atoms with E-state index in [0.29, 0.717) is 12.4 Å². The van der Waals surface area contributed by atoms with Crippen LogP contribution in [0.1, 0.15) is 6.04 Å². The fourth-order valence-electron chi connectivity index (χ4n) is 1.66. The van der Waals surface area contributed by atoms with E-state index in [1.54, 1.807) is 11.0 Å². The van der Waals surface area contributed by atoms with E-state index in [0.717, 1.165) is 0 Å². The van der Waals surface area contributed by atoms with Crippen LogP contribution in [-0.4, -0.2) is 48.3 Å². The lowest BCUT2D eigenvalue weighted by Crippen LogP contribution is -2.34. The Morgan fingerprint density at radius 2 is 2.25 bits per heavy atom. The highest BCUT2D eigenvalue weighted by Gasteiger charge is 2.29. The van der Waals surface area contributed by atoms with Crippen molar-refractivity contribution in [3.05, 3.63) is 22.5 Å². The third-order valence-electron chi connectivity index (χ3n) is 2.60. The molecule has 2 atom stereocenters. The number of ether oxygens (including phenoxy) is 1. The van der Waals surface area contributed by atoms with Crippen LogP contribution in [0.3, 0.4) is 0 Å². The monoisotopic (exact) mass is 225 g/mol. The van der Waals surface area contributed by atoms with Crippen molar-refractivity contribution in [3.63, 3.8) is 0 Å². The number of hydrogen-bond donors (Lipinski definition) is 1. The molecule has 2 unspecified atom stereocenters. The Morgan fingerprint density at radius 3 is 2.81 bits per heavy atom. The van der Waals surface area contributed by atoms with E-state index < -0.39 is 6.10 Å². The molecular weight excluding hydrogens is 210 g/mol. The normalized spacial score (nSPS) is 24.7. The minimum Gasteiger partial charge on any atom is -0.388 e.